The second-order valence-corrected chi connectivity index (χ2v) is 6.20. The van der Waals surface area contributed by atoms with E-state index in [4.69, 9.17) is 11.6 Å². The predicted octanol–water partition coefficient (Wildman–Crippen LogP) is 5.21. The Balaban J connectivity index is 2.00. The van der Waals surface area contributed by atoms with Crippen LogP contribution in [-0.4, -0.2) is 16.1 Å². The third-order valence-corrected chi connectivity index (χ3v) is 4.09. The van der Waals surface area contributed by atoms with Crippen LogP contribution in [0.5, 0.6) is 0 Å². The first-order valence-corrected chi connectivity index (χ1v) is 8.47. The molecule has 4 nitrogen and oxygen atoms in total. The molecule has 0 aliphatic carbocycles. The number of carbonyl (C=O) groups excluding carboxylic acids is 1. The van der Waals surface area contributed by atoms with Crippen molar-refractivity contribution in [1.82, 2.24) is 10.2 Å². The van der Waals surface area contributed by atoms with Crippen LogP contribution in [-0.2, 0) is 6.42 Å². The third-order valence-electron chi connectivity index (χ3n) is 3.85. The van der Waals surface area contributed by atoms with Crippen molar-refractivity contribution in [2.45, 2.75) is 19.8 Å². The summed E-state index contributed by atoms with van der Waals surface area (Å²) in [5.74, 6) is -2.34. The monoisotopic (exact) mass is 375 g/mol. The normalized spacial score (nSPS) is 10.8. The van der Waals surface area contributed by atoms with Gasteiger partial charge >= 0.3 is 0 Å². The highest BCUT2D eigenvalue weighted by Gasteiger charge is 2.20. The number of nitrogens with one attached hydrogen (secondary N) is 2. The van der Waals surface area contributed by atoms with Crippen LogP contribution >= 0.6 is 11.6 Å². The lowest BCUT2D eigenvalue weighted by Crippen LogP contribution is -2.15. The number of aromatic amines is 1. The maximum Gasteiger partial charge on any atom is 0.258 e. The summed E-state index contributed by atoms with van der Waals surface area (Å²) in [6.07, 6.45) is 1.47. The molecule has 2 N–H and O–H groups in total. The number of carbonyl (C=O) groups is 1. The molecule has 0 aliphatic rings. The van der Waals surface area contributed by atoms with Crippen LogP contribution in [0.3, 0.4) is 0 Å². The Morgan fingerprint density at radius 2 is 2.04 bits per heavy atom. The fourth-order valence-corrected chi connectivity index (χ4v) is 2.83. The van der Waals surface area contributed by atoms with Crippen molar-refractivity contribution in [3.63, 3.8) is 0 Å². The number of halogens is 3. The maximum absolute atomic E-state index is 13.9. The van der Waals surface area contributed by atoms with Gasteiger partial charge in [0.25, 0.3) is 5.91 Å². The van der Waals surface area contributed by atoms with Gasteiger partial charge in [0, 0.05) is 16.7 Å². The topological polar surface area (TPSA) is 57.8 Å². The molecule has 0 atom stereocenters. The van der Waals surface area contributed by atoms with E-state index in [1.165, 1.54) is 0 Å². The second-order valence-electron chi connectivity index (χ2n) is 5.76. The molecule has 2 aromatic carbocycles. The first-order valence-electron chi connectivity index (χ1n) is 8.09. The zero-order valence-electron chi connectivity index (χ0n) is 13.9. The van der Waals surface area contributed by atoms with Gasteiger partial charge in [-0.1, -0.05) is 37.1 Å². The van der Waals surface area contributed by atoms with Crippen molar-refractivity contribution in [1.29, 1.82) is 0 Å². The maximum atomic E-state index is 13.9. The zero-order valence-corrected chi connectivity index (χ0v) is 14.7. The lowest BCUT2D eigenvalue weighted by Gasteiger charge is -2.09. The Kier molecular flexibility index (Phi) is 5.32. The van der Waals surface area contributed by atoms with Gasteiger partial charge in [0.2, 0.25) is 0 Å². The largest absolute Gasteiger partial charge is 0.318 e. The van der Waals surface area contributed by atoms with Crippen molar-refractivity contribution in [3.8, 4) is 11.3 Å². The summed E-state index contributed by atoms with van der Waals surface area (Å²) in [6, 6.07) is 9.87. The van der Waals surface area contributed by atoms with Crippen molar-refractivity contribution in [2.24, 2.45) is 0 Å². The fraction of sp³-hybridized carbons (Fsp3) is 0.158. The van der Waals surface area contributed by atoms with Gasteiger partial charge < -0.3 is 5.32 Å². The van der Waals surface area contributed by atoms with E-state index in [0.29, 0.717) is 34.5 Å². The summed E-state index contributed by atoms with van der Waals surface area (Å²) < 4.78 is 27.0. The van der Waals surface area contributed by atoms with Gasteiger partial charge in [0.1, 0.15) is 17.3 Å². The van der Waals surface area contributed by atoms with Crippen LogP contribution in [0.2, 0.25) is 5.02 Å². The van der Waals surface area contributed by atoms with Crippen LogP contribution in [0.4, 0.5) is 14.5 Å². The lowest BCUT2D eigenvalue weighted by atomic mass is 10.1. The highest BCUT2D eigenvalue weighted by molar-refractivity contribution is 6.30. The number of hydrogen-bond donors (Lipinski definition) is 2. The Labute approximate surface area is 154 Å². The summed E-state index contributed by atoms with van der Waals surface area (Å²) in [5.41, 5.74) is 2.16. The molecule has 0 fully saturated rings. The molecule has 0 unspecified atom stereocenters. The molecule has 0 aliphatic heterocycles. The van der Waals surface area contributed by atoms with Gasteiger partial charge in [-0.15, -0.1) is 0 Å². The molecule has 1 heterocycles. The van der Waals surface area contributed by atoms with E-state index in [-0.39, 0.29) is 5.56 Å². The second kappa shape index (κ2) is 7.66. The number of anilines is 1. The van der Waals surface area contributed by atoms with E-state index >= 15 is 0 Å². The van der Waals surface area contributed by atoms with Crippen molar-refractivity contribution >= 4 is 23.2 Å². The Hall–Kier alpha value is -2.73. The molecule has 0 saturated carbocycles. The molecule has 0 bridgehead atoms. The predicted molar refractivity (Wildman–Crippen MR) is 97.3 cm³/mol. The van der Waals surface area contributed by atoms with Gasteiger partial charge in [-0.3, -0.25) is 9.89 Å². The van der Waals surface area contributed by atoms with Crippen molar-refractivity contribution in [3.05, 3.63) is 70.4 Å². The van der Waals surface area contributed by atoms with E-state index < -0.39 is 17.5 Å². The van der Waals surface area contributed by atoms with Gasteiger partial charge in [0.15, 0.2) is 0 Å². The average molecular weight is 376 g/mol. The average Bonchev–Trinajstić information content (AvgIpc) is 2.97. The molecule has 0 radical (unpaired) electrons. The summed E-state index contributed by atoms with van der Waals surface area (Å²) in [4.78, 5) is 12.5. The number of aromatic nitrogens is 2. The van der Waals surface area contributed by atoms with E-state index in [1.54, 1.807) is 18.2 Å². The van der Waals surface area contributed by atoms with Crippen LogP contribution in [0.1, 0.15) is 29.4 Å². The minimum atomic E-state index is -0.924. The number of benzene rings is 2. The third kappa shape index (κ3) is 3.75. The number of nitrogens with zero attached hydrogens (tertiary/aromatic N) is 1. The Morgan fingerprint density at radius 1 is 1.23 bits per heavy atom. The van der Waals surface area contributed by atoms with Gasteiger partial charge in [-0.05, 0) is 30.7 Å². The Morgan fingerprint density at radius 3 is 2.73 bits per heavy atom. The van der Waals surface area contributed by atoms with Gasteiger partial charge in [-0.2, -0.15) is 5.10 Å². The van der Waals surface area contributed by atoms with Gasteiger partial charge in [0.05, 0.1) is 16.9 Å². The van der Waals surface area contributed by atoms with E-state index in [2.05, 4.69) is 15.5 Å². The summed E-state index contributed by atoms with van der Waals surface area (Å²) >= 11 is 6.04. The quantitative estimate of drug-likeness (QED) is 0.642. The van der Waals surface area contributed by atoms with Crippen molar-refractivity contribution < 1.29 is 13.6 Å². The molecule has 0 spiro atoms. The zero-order chi connectivity index (χ0) is 18.7. The highest BCUT2D eigenvalue weighted by Crippen LogP contribution is 2.31. The van der Waals surface area contributed by atoms with Crippen LogP contribution < -0.4 is 5.32 Å². The highest BCUT2D eigenvalue weighted by atomic mass is 35.5. The van der Waals surface area contributed by atoms with E-state index in [0.717, 1.165) is 24.2 Å². The lowest BCUT2D eigenvalue weighted by molar-refractivity contribution is 0.102. The molecule has 134 valence electrons. The van der Waals surface area contributed by atoms with Crippen LogP contribution in [0, 0.1) is 11.6 Å². The first kappa shape index (κ1) is 18.1. The summed E-state index contributed by atoms with van der Waals surface area (Å²) in [5, 5.41) is 10.4. The van der Waals surface area contributed by atoms with E-state index in [1.807, 2.05) is 13.0 Å². The van der Waals surface area contributed by atoms with Crippen LogP contribution in [0.25, 0.3) is 11.3 Å². The standard InChI is InChI=1S/C19H16ClF2N3O/c1-2-4-16-18(17(25-24-16)11-5-3-6-12(20)9-11)23-19(26)14-8-7-13(21)10-15(14)22/h3,5-10H,2,4H2,1H3,(H,23,26)(H,24,25). The SMILES string of the molecule is CCCc1[nH]nc(-c2cccc(Cl)c2)c1NC(=O)c1ccc(F)cc1F. The van der Waals surface area contributed by atoms with E-state index in [9.17, 15) is 13.6 Å². The molecule has 1 amide bonds. The number of H-pyrrole nitrogens is 1. The Bertz CT molecular complexity index is 956. The fourth-order valence-electron chi connectivity index (χ4n) is 2.64. The van der Waals surface area contributed by atoms with Gasteiger partial charge in [-0.25, -0.2) is 8.78 Å². The van der Waals surface area contributed by atoms with Crippen molar-refractivity contribution in [2.75, 3.05) is 5.32 Å². The molecule has 3 rings (SSSR count). The van der Waals surface area contributed by atoms with Crippen LogP contribution in [0.15, 0.2) is 42.5 Å². The minimum absolute atomic E-state index is 0.243. The summed E-state index contributed by atoms with van der Waals surface area (Å²) in [6.45, 7) is 1.99. The molecular weight excluding hydrogens is 360 g/mol. The first-order chi connectivity index (χ1) is 12.5. The number of rotatable bonds is 5. The minimum Gasteiger partial charge on any atom is -0.318 e. The molecular formula is C19H16ClF2N3O. The molecule has 7 heteroatoms. The number of aryl methyl sites for hydroxylation is 1. The smallest absolute Gasteiger partial charge is 0.258 e. The summed E-state index contributed by atoms with van der Waals surface area (Å²) in [7, 11) is 0. The molecule has 0 saturated heterocycles. The number of hydrogen-bond acceptors (Lipinski definition) is 2. The molecule has 26 heavy (non-hydrogen) atoms. The molecule has 3 aromatic rings. The molecule has 1 aromatic heterocycles. The number of amides is 1.